The first-order valence-electron chi connectivity index (χ1n) is 7.05. The van der Waals surface area contributed by atoms with Gasteiger partial charge in [-0.3, -0.25) is 0 Å². The second-order valence-electron chi connectivity index (χ2n) is 5.71. The van der Waals surface area contributed by atoms with E-state index in [4.69, 9.17) is 0 Å². The molecule has 1 aliphatic heterocycles. The van der Waals surface area contributed by atoms with E-state index in [2.05, 4.69) is 6.92 Å². The zero-order valence-electron chi connectivity index (χ0n) is 11.1. The minimum Gasteiger partial charge on any atom is -0.212 e. The molecule has 0 spiro atoms. The summed E-state index contributed by atoms with van der Waals surface area (Å²) in [6.45, 7) is 5.00. The quantitative estimate of drug-likeness (QED) is 0.781. The lowest BCUT2D eigenvalue weighted by Gasteiger charge is -2.46. The highest BCUT2D eigenvalue weighted by Gasteiger charge is 2.41. The third-order valence-corrected chi connectivity index (χ3v) is 6.60. The zero-order chi connectivity index (χ0) is 12.5. The van der Waals surface area contributed by atoms with Gasteiger partial charge in [0.2, 0.25) is 10.0 Å². The molecule has 1 saturated heterocycles. The maximum atomic E-state index is 12.3. The van der Waals surface area contributed by atoms with E-state index in [9.17, 15) is 8.42 Å². The highest BCUT2D eigenvalue weighted by Crippen LogP contribution is 2.39. The fraction of sp³-hybridized carbons (Fsp3) is 1.00. The van der Waals surface area contributed by atoms with Gasteiger partial charge in [-0.15, -0.1) is 0 Å². The van der Waals surface area contributed by atoms with Crippen LogP contribution in [0.5, 0.6) is 0 Å². The molecule has 0 aromatic carbocycles. The van der Waals surface area contributed by atoms with E-state index in [1.165, 1.54) is 19.3 Å². The van der Waals surface area contributed by atoms with E-state index < -0.39 is 10.0 Å². The average Bonchev–Trinajstić information content (AvgIpc) is 2.29. The van der Waals surface area contributed by atoms with Gasteiger partial charge in [0.15, 0.2) is 0 Å². The molecular formula is C13H25NO2S. The second kappa shape index (κ2) is 5.27. The average molecular weight is 259 g/mol. The SMILES string of the molecule is CCCS(=O)(=O)N1CCC(C)C2CCCCC21. The van der Waals surface area contributed by atoms with E-state index in [0.717, 1.165) is 25.8 Å². The van der Waals surface area contributed by atoms with Crippen LogP contribution in [-0.2, 0) is 10.0 Å². The zero-order valence-corrected chi connectivity index (χ0v) is 11.9. The largest absolute Gasteiger partial charge is 0.214 e. The summed E-state index contributed by atoms with van der Waals surface area (Å²) in [6.07, 6.45) is 6.57. The number of hydrogen-bond donors (Lipinski definition) is 0. The predicted molar refractivity (Wildman–Crippen MR) is 70.3 cm³/mol. The van der Waals surface area contributed by atoms with Crippen molar-refractivity contribution in [3.8, 4) is 0 Å². The van der Waals surface area contributed by atoms with E-state index in [-0.39, 0.29) is 0 Å². The number of nitrogens with zero attached hydrogens (tertiary/aromatic N) is 1. The van der Waals surface area contributed by atoms with Gasteiger partial charge >= 0.3 is 0 Å². The molecule has 1 heterocycles. The maximum absolute atomic E-state index is 12.3. The number of fused-ring (bicyclic) bond motifs is 1. The molecule has 2 fully saturated rings. The van der Waals surface area contributed by atoms with Gasteiger partial charge < -0.3 is 0 Å². The van der Waals surface area contributed by atoms with Gasteiger partial charge in [0.05, 0.1) is 5.75 Å². The van der Waals surface area contributed by atoms with E-state index in [1.807, 2.05) is 11.2 Å². The molecule has 2 aliphatic rings. The lowest BCUT2D eigenvalue weighted by atomic mass is 9.74. The van der Waals surface area contributed by atoms with Gasteiger partial charge in [0.25, 0.3) is 0 Å². The van der Waals surface area contributed by atoms with E-state index in [1.54, 1.807) is 0 Å². The molecule has 4 heteroatoms. The molecule has 3 atom stereocenters. The van der Waals surface area contributed by atoms with Crippen molar-refractivity contribution in [1.82, 2.24) is 4.31 Å². The first-order valence-corrected chi connectivity index (χ1v) is 8.66. The van der Waals surface area contributed by atoms with Crippen LogP contribution in [0, 0.1) is 11.8 Å². The summed E-state index contributed by atoms with van der Waals surface area (Å²) in [4.78, 5) is 0. The Morgan fingerprint density at radius 3 is 2.59 bits per heavy atom. The molecule has 1 saturated carbocycles. The standard InChI is InChI=1S/C13H25NO2S/c1-3-10-17(15,16)14-9-8-11(2)12-6-4-5-7-13(12)14/h11-13H,3-10H2,1-2H3. The van der Waals surface area contributed by atoms with E-state index in [0.29, 0.717) is 23.6 Å². The summed E-state index contributed by atoms with van der Waals surface area (Å²) in [5.41, 5.74) is 0. The van der Waals surface area contributed by atoms with Gasteiger partial charge in [0, 0.05) is 12.6 Å². The van der Waals surface area contributed by atoms with Crippen molar-refractivity contribution >= 4 is 10.0 Å². The Balaban J connectivity index is 2.17. The third kappa shape index (κ3) is 2.68. The van der Waals surface area contributed by atoms with Crippen LogP contribution < -0.4 is 0 Å². The first-order chi connectivity index (χ1) is 8.06. The molecule has 2 rings (SSSR count). The van der Waals surface area contributed by atoms with Crippen LogP contribution in [0.2, 0.25) is 0 Å². The normalized spacial score (nSPS) is 35.5. The number of hydrogen-bond acceptors (Lipinski definition) is 2. The number of rotatable bonds is 3. The summed E-state index contributed by atoms with van der Waals surface area (Å²) in [5.74, 6) is 1.64. The fourth-order valence-electron chi connectivity index (χ4n) is 3.59. The first kappa shape index (κ1) is 13.3. The number of sulfonamides is 1. The Hall–Kier alpha value is -0.0900. The Morgan fingerprint density at radius 1 is 1.18 bits per heavy atom. The van der Waals surface area contributed by atoms with Gasteiger partial charge in [0.1, 0.15) is 0 Å². The highest BCUT2D eigenvalue weighted by molar-refractivity contribution is 7.89. The van der Waals surface area contributed by atoms with E-state index >= 15 is 0 Å². The van der Waals surface area contributed by atoms with Crippen molar-refractivity contribution in [3.63, 3.8) is 0 Å². The van der Waals surface area contributed by atoms with Crippen molar-refractivity contribution in [3.05, 3.63) is 0 Å². The van der Waals surface area contributed by atoms with Crippen LogP contribution in [0.25, 0.3) is 0 Å². The molecule has 17 heavy (non-hydrogen) atoms. The third-order valence-electron chi connectivity index (χ3n) is 4.51. The van der Waals surface area contributed by atoms with Crippen molar-refractivity contribution in [2.45, 2.75) is 58.4 Å². The highest BCUT2D eigenvalue weighted by atomic mass is 32.2. The molecule has 0 N–H and O–H groups in total. The summed E-state index contributed by atoms with van der Waals surface area (Å²) in [5, 5.41) is 0. The van der Waals surface area contributed by atoms with Crippen molar-refractivity contribution in [2.75, 3.05) is 12.3 Å². The predicted octanol–water partition coefficient (Wildman–Crippen LogP) is 2.63. The van der Waals surface area contributed by atoms with Crippen LogP contribution >= 0.6 is 0 Å². The van der Waals surface area contributed by atoms with Gasteiger partial charge in [-0.25, -0.2) is 8.42 Å². The lowest BCUT2D eigenvalue weighted by Crippen LogP contribution is -2.52. The minimum atomic E-state index is -2.99. The topological polar surface area (TPSA) is 37.4 Å². The van der Waals surface area contributed by atoms with Crippen LogP contribution in [0.3, 0.4) is 0 Å². The molecule has 3 unspecified atom stereocenters. The fourth-order valence-corrected chi connectivity index (χ4v) is 5.40. The Morgan fingerprint density at radius 2 is 1.88 bits per heavy atom. The lowest BCUT2D eigenvalue weighted by molar-refractivity contribution is 0.0827. The van der Waals surface area contributed by atoms with Crippen LogP contribution in [0.4, 0.5) is 0 Å². The Bertz CT molecular complexity index is 352. The summed E-state index contributed by atoms with van der Waals surface area (Å²) >= 11 is 0. The monoisotopic (exact) mass is 259 g/mol. The van der Waals surface area contributed by atoms with Crippen molar-refractivity contribution in [1.29, 1.82) is 0 Å². The molecular weight excluding hydrogens is 234 g/mol. The summed E-state index contributed by atoms with van der Waals surface area (Å²) in [7, 11) is -2.99. The molecule has 100 valence electrons. The van der Waals surface area contributed by atoms with Crippen molar-refractivity contribution < 1.29 is 8.42 Å². The van der Waals surface area contributed by atoms with Crippen LogP contribution in [0.15, 0.2) is 0 Å². The van der Waals surface area contributed by atoms with Gasteiger partial charge in [-0.2, -0.15) is 4.31 Å². The maximum Gasteiger partial charge on any atom is 0.214 e. The Kier molecular flexibility index (Phi) is 4.14. The Labute approximate surface area is 106 Å². The number of piperidine rings is 1. The smallest absolute Gasteiger partial charge is 0.212 e. The summed E-state index contributed by atoms with van der Waals surface area (Å²) in [6, 6.07) is 0.309. The minimum absolute atomic E-state index is 0.309. The van der Waals surface area contributed by atoms with Crippen molar-refractivity contribution in [2.24, 2.45) is 11.8 Å². The van der Waals surface area contributed by atoms with Gasteiger partial charge in [-0.1, -0.05) is 26.7 Å². The molecule has 0 amide bonds. The summed E-state index contributed by atoms with van der Waals surface area (Å²) < 4.78 is 26.4. The molecule has 3 nitrogen and oxygen atoms in total. The molecule has 0 aromatic rings. The van der Waals surface area contributed by atoms with Crippen LogP contribution in [-0.4, -0.2) is 31.1 Å². The molecule has 0 bridgehead atoms. The van der Waals surface area contributed by atoms with Crippen LogP contribution in [0.1, 0.15) is 52.4 Å². The van der Waals surface area contributed by atoms with Gasteiger partial charge in [-0.05, 0) is 37.5 Å². The molecule has 0 aromatic heterocycles. The molecule has 0 radical (unpaired) electrons. The molecule has 1 aliphatic carbocycles. The second-order valence-corrected chi connectivity index (χ2v) is 7.75.